The predicted molar refractivity (Wildman–Crippen MR) is 113 cm³/mol. The van der Waals surface area contributed by atoms with E-state index in [2.05, 4.69) is 6.07 Å². The first-order valence-electron chi connectivity index (χ1n) is 9.13. The molecule has 0 amide bonds. The number of fused-ring (bicyclic) bond motifs is 2. The lowest BCUT2D eigenvalue weighted by atomic mass is 9.53. The summed E-state index contributed by atoms with van der Waals surface area (Å²) in [5, 5.41) is 40.1. The summed E-state index contributed by atoms with van der Waals surface area (Å²) in [6.07, 6.45) is -1.30. The molecular weight excluding hydrogens is 459 g/mol. The lowest BCUT2D eigenvalue weighted by molar-refractivity contribution is -0.288. The molecule has 2 bridgehead atoms. The highest BCUT2D eigenvalue weighted by Gasteiger charge is 2.80. The molecular formula is C22H13Cl3N4O2. The van der Waals surface area contributed by atoms with Crippen molar-refractivity contribution in [2.24, 2.45) is 16.7 Å². The van der Waals surface area contributed by atoms with Crippen LogP contribution in [0.15, 0.2) is 42.5 Å². The van der Waals surface area contributed by atoms with Crippen molar-refractivity contribution >= 4 is 40.7 Å². The van der Waals surface area contributed by atoms with E-state index in [0.29, 0.717) is 16.1 Å². The van der Waals surface area contributed by atoms with Gasteiger partial charge in [-0.05, 0) is 24.3 Å². The summed E-state index contributed by atoms with van der Waals surface area (Å²) < 4.78 is 12.3. The largest absolute Gasteiger partial charge is 0.443 e. The molecule has 1 N–H and O–H groups in total. The molecule has 2 fully saturated rings. The topological polar surface area (TPSA) is 114 Å². The molecule has 2 aromatic rings. The van der Waals surface area contributed by atoms with Gasteiger partial charge >= 0.3 is 0 Å². The summed E-state index contributed by atoms with van der Waals surface area (Å²) in [6, 6.07) is 17.2. The number of halogens is 3. The molecule has 2 aliphatic rings. The van der Waals surface area contributed by atoms with Gasteiger partial charge in [-0.25, -0.2) is 0 Å². The zero-order chi connectivity index (χ0) is 22.6. The summed E-state index contributed by atoms with van der Waals surface area (Å²) in [5.74, 6) is -3.18. The van der Waals surface area contributed by atoms with Crippen molar-refractivity contribution in [1.29, 1.82) is 21.2 Å². The molecule has 2 heterocycles. The van der Waals surface area contributed by atoms with Gasteiger partial charge in [-0.1, -0.05) is 59.9 Å². The van der Waals surface area contributed by atoms with Crippen LogP contribution < -0.4 is 0 Å². The zero-order valence-corrected chi connectivity index (χ0v) is 18.3. The summed E-state index contributed by atoms with van der Waals surface area (Å²) in [7, 11) is 0. The van der Waals surface area contributed by atoms with Crippen molar-refractivity contribution in [1.82, 2.24) is 0 Å². The lowest BCUT2D eigenvalue weighted by Crippen LogP contribution is -2.57. The first kappa shape index (κ1) is 21.4. The Balaban J connectivity index is 2.09. The van der Waals surface area contributed by atoms with E-state index in [1.165, 1.54) is 6.07 Å². The van der Waals surface area contributed by atoms with Crippen molar-refractivity contribution in [2.45, 2.75) is 18.8 Å². The van der Waals surface area contributed by atoms with Crippen LogP contribution in [0.3, 0.4) is 0 Å². The van der Waals surface area contributed by atoms with Gasteiger partial charge in [-0.2, -0.15) is 15.8 Å². The number of hydrogen-bond donors (Lipinski definition) is 1. The Morgan fingerprint density at radius 2 is 1.65 bits per heavy atom. The smallest absolute Gasteiger partial charge is 0.245 e. The van der Waals surface area contributed by atoms with E-state index < -0.39 is 34.5 Å². The minimum atomic E-state index is -2.11. The Morgan fingerprint density at radius 1 is 0.968 bits per heavy atom. The predicted octanol–water partition coefficient (Wildman–Crippen LogP) is 5.76. The number of nitriles is 3. The Kier molecular flexibility index (Phi) is 4.93. The number of benzene rings is 2. The van der Waals surface area contributed by atoms with Crippen molar-refractivity contribution in [3.63, 3.8) is 0 Å². The van der Waals surface area contributed by atoms with Gasteiger partial charge in [-0.3, -0.25) is 5.41 Å². The Bertz CT molecular complexity index is 1230. The van der Waals surface area contributed by atoms with E-state index in [4.69, 9.17) is 49.7 Å². The van der Waals surface area contributed by atoms with E-state index in [1.807, 2.05) is 12.1 Å². The van der Waals surface area contributed by atoms with Crippen molar-refractivity contribution < 1.29 is 9.47 Å². The summed E-state index contributed by atoms with van der Waals surface area (Å²) >= 11 is 18.9. The second-order valence-corrected chi connectivity index (χ2v) is 8.67. The lowest BCUT2D eigenvalue weighted by Gasteiger charge is -2.49. The maximum Gasteiger partial charge on any atom is 0.245 e. The molecule has 2 saturated heterocycles. The summed E-state index contributed by atoms with van der Waals surface area (Å²) in [4.78, 5) is 0. The van der Waals surface area contributed by atoms with Gasteiger partial charge in [0, 0.05) is 21.2 Å². The molecule has 4 atom stereocenters. The third-order valence-electron chi connectivity index (χ3n) is 6.16. The monoisotopic (exact) mass is 470 g/mol. The standard InChI is InChI=1S/C22H13Cl3N4O2/c1-12-21(11-28)19(29)31-22(12,15-7-6-13(23)8-17(15)25)30-18(20(21,9-26)10-27)14-4-2-3-5-16(14)24/h2-8,12,18,29H,1H3. The normalized spacial score (nSPS) is 30.5. The Hall–Kier alpha value is -2.79. The van der Waals surface area contributed by atoms with Crippen molar-refractivity contribution in [2.75, 3.05) is 0 Å². The highest BCUT2D eigenvalue weighted by Crippen LogP contribution is 2.69. The van der Waals surface area contributed by atoms with Crippen LogP contribution in [-0.2, 0) is 15.3 Å². The molecule has 31 heavy (non-hydrogen) atoms. The molecule has 6 nitrogen and oxygen atoms in total. The maximum atomic E-state index is 10.3. The van der Waals surface area contributed by atoms with Gasteiger partial charge in [0.1, 0.15) is 6.10 Å². The average Bonchev–Trinajstić information content (AvgIpc) is 2.90. The van der Waals surface area contributed by atoms with Gasteiger partial charge in [-0.15, -0.1) is 0 Å². The second-order valence-electron chi connectivity index (χ2n) is 7.42. The van der Waals surface area contributed by atoms with E-state index >= 15 is 0 Å². The fourth-order valence-corrected chi connectivity index (χ4v) is 5.36. The number of hydrogen-bond acceptors (Lipinski definition) is 6. The van der Waals surface area contributed by atoms with Crippen LogP contribution in [0.25, 0.3) is 0 Å². The van der Waals surface area contributed by atoms with Crippen LogP contribution in [0.2, 0.25) is 15.1 Å². The molecule has 2 aliphatic heterocycles. The van der Waals surface area contributed by atoms with Gasteiger partial charge in [0.05, 0.1) is 29.1 Å². The van der Waals surface area contributed by atoms with E-state index in [9.17, 15) is 15.8 Å². The highest BCUT2D eigenvalue weighted by molar-refractivity contribution is 6.35. The SMILES string of the molecule is CC1C2(c3ccc(Cl)cc3Cl)OC(=N)C1(C#N)C(C#N)(C#N)C(c1ccccc1Cl)O2. The van der Waals surface area contributed by atoms with Gasteiger partial charge in [0.2, 0.25) is 17.1 Å². The molecule has 0 radical (unpaired) electrons. The number of ether oxygens (including phenoxy) is 2. The fraction of sp³-hybridized carbons (Fsp3) is 0.273. The number of rotatable bonds is 2. The van der Waals surface area contributed by atoms with Crippen LogP contribution >= 0.6 is 34.8 Å². The molecule has 2 aromatic carbocycles. The molecule has 0 spiro atoms. The van der Waals surface area contributed by atoms with Crippen molar-refractivity contribution in [3.8, 4) is 18.2 Å². The first-order chi connectivity index (χ1) is 14.7. The maximum absolute atomic E-state index is 10.3. The minimum absolute atomic E-state index is 0.195. The van der Waals surface area contributed by atoms with E-state index in [-0.39, 0.29) is 10.0 Å². The van der Waals surface area contributed by atoms with Gasteiger partial charge < -0.3 is 9.47 Å². The van der Waals surface area contributed by atoms with E-state index in [0.717, 1.165) is 0 Å². The van der Waals surface area contributed by atoms with Crippen LogP contribution in [0.1, 0.15) is 24.2 Å². The molecule has 9 heteroatoms. The van der Waals surface area contributed by atoms with Gasteiger partial charge in [0.25, 0.3) is 0 Å². The third-order valence-corrected chi connectivity index (χ3v) is 7.05. The minimum Gasteiger partial charge on any atom is -0.443 e. The van der Waals surface area contributed by atoms with Crippen LogP contribution in [0.5, 0.6) is 0 Å². The number of nitrogens with zero attached hydrogens (tertiary/aromatic N) is 3. The first-order valence-corrected chi connectivity index (χ1v) is 10.3. The summed E-state index contributed by atoms with van der Waals surface area (Å²) in [5.41, 5.74) is -3.40. The molecule has 4 unspecified atom stereocenters. The second kappa shape index (κ2) is 7.13. The molecule has 0 aromatic heterocycles. The molecule has 154 valence electrons. The quantitative estimate of drug-likeness (QED) is 0.598. The summed E-state index contributed by atoms with van der Waals surface area (Å²) in [6.45, 7) is 1.60. The number of nitrogens with one attached hydrogen (secondary N) is 1. The molecule has 0 aliphatic carbocycles. The Labute approximate surface area is 193 Å². The van der Waals surface area contributed by atoms with Crippen LogP contribution in [-0.4, -0.2) is 5.90 Å². The van der Waals surface area contributed by atoms with Crippen LogP contribution in [0.4, 0.5) is 0 Å². The Morgan fingerprint density at radius 3 is 2.23 bits per heavy atom. The fourth-order valence-electron chi connectivity index (χ4n) is 4.58. The third kappa shape index (κ3) is 2.50. The zero-order valence-electron chi connectivity index (χ0n) is 16.0. The average molecular weight is 472 g/mol. The molecule has 0 saturated carbocycles. The van der Waals surface area contributed by atoms with E-state index in [1.54, 1.807) is 43.3 Å². The van der Waals surface area contributed by atoms with Gasteiger partial charge in [0.15, 0.2) is 5.41 Å². The molecule has 4 rings (SSSR count). The highest BCUT2D eigenvalue weighted by atomic mass is 35.5. The van der Waals surface area contributed by atoms with Crippen LogP contribution in [0, 0.1) is 56.2 Å². The van der Waals surface area contributed by atoms with Crippen molar-refractivity contribution in [3.05, 3.63) is 68.7 Å².